The Morgan fingerprint density at radius 2 is 1.57 bits per heavy atom. The molecule has 1 saturated heterocycles. The number of carbonyl (C=O) groups is 4. The minimum atomic E-state index is -0.901. The van der Waals surface area contributed by atoms with Crippen LogP contribution in [0.25, 0.3) is 28.1 Å². The number of unbranched alkanes of at least 4 members (excludes halogenated alkanes) is 1. The van der Waals surface area contributed by atoms with Gasteiger partial charge in [0.1, 0.15) is 17.2 Å². The molecule has 4 aliphatic rings. The molecule has 1 saturated carbocycles. The molecule has 1 atom stereocenters. The van der Waals surface area contributed by atoms with Gasteiger partial charge in [-0.05, 0) is 98.3 Å². The second-order valence-electron chi connectivity index (χ2n) is 15.3. The molecule has 13 nitrogen and oxygen atoms in total. The first kappa shape index (κ1) is 37.1. The first-order valence-corrected chi connectivity index (χ1v) is 20.0. The highest BCUT2D eigenvalue weighted by molar-refractivity contribution is 6.24. The highest BCUT2D eigenvalue weighted by Gasteiger charge is 2.45. The molecule has 4 heterocycles. The summed E-state index contributed by atoms with van der Waals surface area (Å²) in [6, 6.07) is 22.9. The van der Waals surface area contributed by atoms with Gasteiger partial charge < -0.3 is 14.8 Å². The number of Topliss-reactive ketones (excluding diaryl/α,β-unsaturated/α-hetero) is 2. The van der Waals surface area contributed by atoms with Gasteiger partial charge in [0.25, 0.3) is 11.8 Å². The molecule has 0 bridgehead atoms. The van der Waals surface area contributed by atoms with Crippen LogP contribution >= 0.6 is 0 Å². The number of rotatable bonds is 11. The van der Waals surface area contributed by atoms with E-state index in [1.54, 1.807) is 30.6 Å². The number of piperazine rings is 1. The van der Waals surface area contributed by atoms with Gasteiger partial charge in [0.2, 0.25) is 0 Å². The molecule has 2 aliphatic heterocycles. The molecular formula is C45H43N7O6. The van der Waals surface area contributed by atoms with Crippen LogP contribution in [-0.4, -0.2) is 104 Å². The topological polar surface area (TPSA) is 151 Å². The van der Waals surface area contributed by atoms with Crippen molar-refractivity contribution in [3.8, 4) is 33.8 Å². The Morgan fingerprint density at radius 1 is 0.776 bits per heavy atom. The number of anilines is 1. The number of fused-ring (bicyclic) bond motifs is 2. The van der Waals surface area contributed by atoms with Gasteiger partial charge in [0, 0.05) is 73.6 Å². The number of aromatic nitrogens is 3. The zero-order valence-electron chi connectivity index (χ0n) is 32.0. The third-order valence-corrected chi connectivity index (χ3v) is 11.8. The molecule has 5 aromatic rings. The summed E-state index contributed by atoms with van der Waals surface area (Å²) in [6.07, 6.45) is 9.03. The Morgan fingerprint density at radius 3 is 2.34 bits per heavy atom. The van der Waals surface area contributed by atoms with E-state index in [0.717, 1.165) is 103 Å². The smallest absolute Gasteiger partial charge is 0.266 e. The zero-order valence-corrected chi connectivity index (χ0v) is 32.0. The highest BCUT2D eigenvalue weighted by Crippen LogP contribution is 2.36. The first-order chi connectivity index (χ1) is 28.4. The number of pyridine rings is 1. The molecule has 2 aliphatic carbocycles. The third-order valence-electron chi connectivity index (χ3n) is 11.8. The number of aryl methyl sites for hydroxylation is 1. The second kappa shape index (κ2) is 15.8. The largest absolute Gasteiger partial charge is 0.493 e. The van der Waals surface area contributed by atoms with Crippen molar-refractivity contribution >= 4 is 34.8 Å². The van der Waals surface area contributed by atoms with Crippen molar-refractivity contribution in [3.05, 3.63) is 114 Å². The van der Waals surface area contributed by atoms with Gasteiger partial charge in [-0.3, -0.25) is 34.0 Å². The number of hydrogen-bond acceptors (Lipinski definition) is 11. The van der Waals surface area contributed by atoms with Crippen LogP contribution in [0.5, 0.6) is 5.75 Å². The van der Waals surface area contributed by atoms with Crippen molar-refractivity contribution in [2.75, 3.05) is 44.2 Å². The molecule has 9 rings (SSSR count). The monoisotopic (exact) mass is 777 g/mol. The predicted octanol–water partition coefficient (Wildman–Crippen LogP) is 5.99. The van der Waals surface area contributed by atoms with E-state index in [0.29, 0.717) is 12.4 Å². The summed E-state index contributed by atoms with van der Waals surface area (Å²) in [5, 5.41) is 18.0. The quantitative estimate of drug-likeness (QED) is 0.0557. The minimum absolute atomic E-state index is 0.157. The maximum atomic E-state index is 13.4. The summed E-state index contributed by atoms with van der Waals surface area (Å²) in [5.41, 5.74) is 9.43. The van der Waals surface area contributed by atoms with E-state index in [4.69, 9.17) is 9.84 Å². The molecule has 13 heteroatoms. The van der Waals surface area contributed by atoms with Crippen molar-refractivity contribution in [3.63, 3.8) is 0 Å². The Balaban J connectivity index is 0.782. The number of oxime groups is 1. The molecule has 58 heavy (non-hydrogen) atoms. The number of ketones is 2. The average molecular weight is 778 g/mol. The van der Waals surface area contributed by atoms with Gasteiger partial charge in [-0.1, -0.05) is 29.4 Å². The van der Waals surface area contributed by atoms with E-state index in [-0.39, 0.29) is 42.0 Å². The molecule has 0 radical (unpaired) electrons. The van der Waals surface area contributed by atoms with Crippen LogP contribution in [0, 0.1) is 0 Å². The fourth-order valence-electron chi connectivity index (χ4n) is 8.66. The number of ether oxygens (including phenoxy) is 1. The SMILES string of the molecule is O=C1CC[C@H](N2C(=O)c3cccc(OCCCCN4CCN(c5ccc(-n6cc(-c7ccc8c(c7)CC/C8=N\O)c(-c7ccncc7)n6)cc5)CC4)c3C2=O)C(=O)C1. The van der Waals surface area contributed by atoms with Crippen LogP contribution in [0.2, 0.25) is 0 Å². The number of carbonyl (C=O) groups excluding carboxylic acids is 4. The predicted molar refractivity (Wildman–Crippen MR) is 217 cm³/mol. The summed E-state index contributed by atoms with van der Waals surface area (Å²) in [4.78, 5) is 60.9. The van der Waals surface area contributed by atoms with Crippen molar-refractivity contribution in [2.24, 2.45) is 5.16 Å². The van der Waals surface area contributed by atoms with E-state index in [1.807, 2.05) is 22.9 Å². The lowest BCUT2D eigenvalue weighted by Crippen LogP contribution is -2.47. The number of imide groups is 1. The Bertz CT molecular complexity index is 2440. The molecule has 3 aromatic carbocycles. The number of amides is 2. The van der Waals surface area contributed by atoms with E-state index in [9.17, 15) is 24.4 Å². The van der Waals surface area contributed by atoms with Crippen molar-refractivity contribution in [1.29, 1.82) is 0 Å². The van der Waals surface area contributed by atoms with Gasteiger partial charge in [0.05, 0.1) is 41.6 Å². The summed E-state index contributed by atoms with van der Waals surface area (Å²) < 4.78 is 7.98. The lowest BCUT2D eigenvalue weighted by Gasteiger charge is -2.36. The number of benzene rings is 3. The zero-order chi connectivity index (χ0) is 39.8. The number of nitrogens with zero attached hydrogens (tertiary/aromatic N) is 7. The van der Waals surface area contributed by atoms with Crippen LogP contribution < -0.4 is 9.64 Å². The Kier molecular flexibility index (Phi) is 10.1. The lowest BCUT2D eigenvalue weighted by atomic mass is 9.92. The molecule has 2 amide bonds. The van der Waals surface area contributed by atoms with Gasteiger partial charge in [-0.15, -0.1) is 0 Å². The molecule has 0 unspecified atom stereocenters. The number of hydrogen-bond donors (Lipinski definition) is 1. The standard InChI is InChI=1S/C45H43N7O6/c53-34-12-15-39(40(54)27-34)52-44(55)36-4-3-5-41(42(36)45(52)56)58-25-2-1-20-49-21-23-50(24-22-49)32-8-10-33(11-9-32)51-28-37(43(47-51)29-16-18-46-19-17-29)31-6-13-35-30(26-31)7-14-38(35)48-57/h3-6,8-11,13,16-19,26,28,39,57H,1-2,7,12,14-15,20-25,27H2/b48-38+/t39-/m0/s1. The third kappa shape index (κ3) is 7.06. The van der Waals surface area contributed by atoms with Crippen LogP contribution in [-0.2, 0) is 16.0 Å². The van der Waals surface area contributed by atoms with E-state index in [2.05, 4.69) is 62.5 Å². The summed E-state index contributed by atoms with van der Waals surface area (Å²) in [5.74, 6) is -1.21. The van der Waals surface area contributed by atoms with Crippen molar-refractivity contribution in [2.45, 2.75) is 51.0 Å². The van der Waals surface area contributed by atoms with Gasteiger partial charge in [-0.2, -0.15) is 5.10 Å². The maximum absolute atomic E-state index is 13.4. The molecule has 294 valence electrons. The van der Waals surface area contributed by atoms with Crippen molar-refractivity contribution in [1.82, 2.24) is 24.6 Å². The van der Waals surface area contributed by atoms with Crippen LogP contribution in [0.4, 0.5) is 5.69 Å². The summed E-state index contributed by atoms with van der Waals surface area (Å²) in [7, 11) is 0. The van der Waals surface area contributed by atoms with Gasteiger partial charge in [-0.25, -0.2) is 4.68 Å². The molecule has 2 fully saturated rings. The van der Waals surface area contributed by atoms with Gasteiger partial charge in [0.15, 0.2) is 5.78 Å². The highest BCUT2D eigenvalue weighted by atomic mass is 16.5. The summed E-state index contributed by atoms with van der Waals surface area (Å²) in [6.45, 7) is 5.04. The fourth-order valence-corrected chi connectivity index (χ4v) is 8.66. The van der Waals surface area contributed by atoms with Gasteiger partial charge >= 0.3 is 0 Å². The summed E-state index contributed by atoms with van der Waals surface area (Å²) >= 11 is 0. The molecular weight excluding hydrogens is 735 g/mol. The maximum Gasteiger partial charge on any atom is 0.266 e. The minimum Gasteiger partial charge on any atom is -0.493 e. The molecule has 2 aromatic heterocycles. The van der Waals surface area contributed by atoms with Crippen molar-refractivity contribution < 1.29 is 29.1 Å². The Labute approximate surface area is 335 Å². The lowest BCUT2D eigenvalue weighted by molar-refractivity contribution is -0.132. The van der Waals surface area contributed by atoms with E-state index < -0.39 is 17.9 Å². The molecule has 0 spiro atoms. The first-order valence-electron chi connectivity index (χ1n) is 20.0. The van der Waals surface area contributed by atoms with Crippen LogP contribution in [0.3, 0.4) is 0 Å². The fraction of sp³-hybridized carbons (Fsp3) is 0.311. The Hall–Kier alpha value is -6.47. The normalized spacial score (nSPS) is 19.0. The molecule has 1 N–H and O–H groups in total. The van der Waals surface area contributed by atoms with Crippen LogP contribution in [0.15, 0.2) is 96.5 Å². The van der Waals surface area contributed by atoms with E-state index in [1.165, 1.54) is 11.3 Å². The second-order valence-corrected chi connectivity index (χ2v) is 15.3. The average Bonchev–Trinajstić information content (AvgIpc) is 3.96. The van der Waals surface area contributed by atoms with E-state index >= 15 is 0 Å². The van der Waals surface area contributed by atoms with Crippen LogP contribution in [0.1, 0.15) is 70.4 Å².